The van der Waals surface area contributed by atoms with Crippen molar-refractivity contribution >= 4 is 3.78 Å². The van der Waals surface area contributed by atoms with Gasteiger partial charge in [0, 0.05) is 0 Å². The molecule has 1 rings (SSSR count). The minimum absolute atomic E-state index is 1.09. The Morgan fingerprint density at radius 1 is 1.25 bits per heavy atom. The van der Waals surface area contributed by atoms with Gasteiger partial charge >= 0.3 is 61.6 Å². The monoisotopic (exact) mass is 287 g/mol. The number of rotatable bonds is 0. The van der Waals surface area contributed by atoms with Gasteiger partial charge < -0.3 is 0 Å². The van der Waals surface area contributed by atoms with Crippen LogP contribution < -0.4 is 3.78 Å². The molecule has 0 aliphatic heterocycles. The summed E-state index contributed by atoms with van der Waals surface area (Å²) in [4.78, 5) is 0. The molecule has 0 fully saturated rings. The van der Waals surface area contributed by atoms with Crippen LogP contribution in [0.2, 0.25) is 0 Å². The molecule has 0 spiro atoms. The Kier molecular flexibility index (Phi) is 1.90. The fourth-order valence-electron chi connectivity index (χ4n) is 0.485. The van der Waals surface area contributed by atoms with Crippen LogP contribution in [0.15, 0.2) is 24.3 Å². The van der Waals surface area contributed by atoms with Gasteiger partial charge in [-0.1, -0.05) is 0 Å². The van der Waals surface area contributed by atoms with E-state index in [1.165, 1.54) is 3.78 Å². The molecule has 1 heteroatoms. The van der Waals surface area contributed by atoms with E-state index in [9.17, 15) is 0 Å². The van der Waals surface area contributed by atoms with Crippen LogP contribution in [-0.4, -0.2) is 0 Å². The van der Waals surface area contributed by atoms with E-state index >= 15 is 0 Å². The van der Waals surface area contributed by atoms with E-state index in [1.807, 2.05) is 24.3 Å². The van der Waals surface area contributed by atoms with E-state index in [4.69, 9.17) is 0 Å². The number of benzene rings is 1. The SMILES string of the molecule is [CH2]c1cccc[c]1[Au]. The van der Waals surface area contributed by atoms with Gasteiger partial charge in [0.05, 0.1) is 0 Å². The predicted octanol–water partition coefficient (Wildman–Crippen LogP) is 1.04. The molecule has 0 N–H and O–H groups in total. The van der Waals surface area contributed by atoms with Crippen LogP contribution in [0, 0.1) is 6.92 Å². The molecule has 0 amide bonds. The van der Waals surface area contributed by atoms with Gasteiger partial charge in [0.15, 0.2) is 0 Å². The van der Waals surface area contributed by atoms with Crippen molar-refractivity contribution in [3.05, 3.63) is 36.8 Å². The standard InChI is InChI=1S/C7H6.Au/c1-7-5-3-2-4-6-7;/h2-5H,1H2;. The molecule has 0 bridgehead atoms. The summed E-state index contributed by atoms with van der Waals surface area (Å²) in [6, 6.07) is 8.02. The molecule has 1 aromatic rings. The number of hydrogen-bond acceptors (Lipinski definition) is 0. The molecule has 8 heavy (non-hydrogen) atoms. The van der Waals surface area contributed by atoms with E-state index in [0.29, 0.717) is 0 Å². The second-order valence-corrected chi connectivity index (χ2v) is 2.72. The van der Waals surface area contributed by atoms with E-state index in [2.05, 4.69) is 28.0 Å². The Labute approximate surface area is 61.8 Å². The molecule has 0 nitrogen and oxygen atoms in total. The van der Waals surface area contributed by atoms with Crippen molar-refractivity contribution in [3.63, 3.8) is 0 Å². The van der Waals surface area contributed by atoms with Crippen LogP contribution in [0.5, 0.6) is 0 Å². The second-order valence-electron chi connectivity index (χ2n) is 1.55. The van der Waals surface area contributed by atoms with Gasteiger partial charge in [-0.05, 0) is 0 Å². The normalized spacial score (nSPS) is 9.38. The molecule has 0 aliphatic carbocycles. The zero-order valence-corrected chi connectivity index (χ0v) is 6.48. The van der Waals surface area contributed by atoms with Crippen LogP contribution in [-0.2, 0) is 21.1 Å². The molecule has 0 heterocycles. The number of hydrogen-bond donors (Lipinski definition) is 0. The molecule has 0 aliphatic rings. The molecule has 0 aromatic heterocycles. The maximum absolute atomic E-state index is 3.81. The van der Waals surface area contributed by atoms with Gasteiger partial charge in [-0.25, -0.2) is 0 Å². The zero-order chi connectivity index (χ0) is 5.98. The van der Waals surface area contributed by atoms with Crippen molar-refractivity contribution in [2.75, 3.05) is 0 Å². The van der Waals surface area contributed by atoms with E-state index in [-0.39, 0.29) is 0 Å². The fraction of sp³-hybridized carbons (Fsp3) is 0. The molecular formula is C7H6Au. The van der Waals surface area contributed by atoms with Gasteiger partial charge in [-0.3, -0.25) is 0 Å². The Balaban J connectivity index is 3.13. The summed E-state index contributed by atoms with van der Waals surface area (Å²) in [6.45, 7) is 3.81. The Bertz CT molecular complexity index is 160. The van der Waals surface area contributed by atoms with Crippen LogP contribution in [0.1, 0.15) is 5.56 Å². The van der Waals surface area contributed by atoms with Crippen molar-refractivity contribution in [1.82, 2.24) is 0 Å². The van der Waals surface area contributed by atoms with E-state index in [1.54, 1.807) is 0 Å². The first kappa shape index (κ1) is 6.09. The van der Waals surface area contributed by atoms with Crippen LogP contribution in [0.4, 0.5) is 0 Å². The molecule has 45 valence electrons. The van der Waals surface area contributed by atoms with E-state index in [0.717, 1.165) is 5.56 Å². The summed E-state index contributed by atoms with van der Waals surface area (Å²) in [5.41, 5.74) is 1.09. The zero-order valence-electron chi connectivity index (χ0n) is 4.32. The van der Waals surface area contributed by atoms with Gasteiger partial charge in [0.25, 0.3) is 0 Å². The second kappa shape index (κ2) is 2.49. The van der Waals surface area contributed by atoms with Crippen molar-refractivity contribution in [3.8, 4) is 0 Å². The third-order valence-electron chi connectivity index (χ3n) is 0.921. The molecule has 0 saturated carbocycles. The van der Waals surface area contributed by atoms with Gasteiger partial charge in [0.2, 0.25) is 0 Å². The van der Waals surface area contributed by atoms with Gasteiger partial charge in [-0.15, -0.1) is 0 Å². The molecule has 1 aromatic carbocycles. The summed E-state index contributed by atoms with van der Waals surface area (Å²) in [7, 11) is 0. The van der Waals surface area contributed by atoms with Crippen molar-refractivity contribution in [2.45, 2.75) is 0 Å². The maximum atomic E-state index is 3.81. The van der Waals surface area contributed by atoms with Crippen LogP contribution >= 0.6 is 0 Å². The van der Waals surface area contributed by atoms with Gasteiger partial charge in [-0.2, -0.15) is 0 Å². The van der Waals surface area contributed by atoms with E-state index < -0.39 is 0 Å². The third-order valence-corrected chi connectivity index (χ3v) is 1.98. The molecule has 0 atom stereocenters. The molecule has 1 radical (unpaired) electrons. The predicted molar refractivity (Wildman–Crippen MR) is 30.5 cm³/mol. The topological polar surface area (TPSA) is 0 Å². The van der Waals surface area contributed by atoms with Crippen molar-refractivity contribution in [2.24, 2.45) is 0 Å². The summed E-state index contributed by atoms with van der Waals surface area (Å²) in [5.74, 6) is 0. The molecule has 0 saturated heterocycles. The summed E-state index contributed by atoms with van der Waals surface area (Å²) < 4.78 is 1.20. The third kappa shape index (κ3) is 1.22. The Morgan fingerprint density at radius 3 is 2.25 bits per heavy atom. The van der Waals surface area contributed by atoms with Crippen LogP contribution in [0.25, 0.3) is 0 Å². The van der Waals surface area contributed by atoms with Crippen molar-refractivity contribution < 1.29 is 21.1 Å². The van der Waals surface area contributed by atoms with Crippen LogP contribution in [0.3, 0.4) is 0 Å². The summed E-state index contributed by atoms with van der Waals surface area (Å²) in [6.07, 6.45) is 0. The van der Waals surface area contributed by atoms with Crippen molar-refractivity contribution in [1.29, 1.82) is 0 Å². The summed E-state index contributed by atoms with van der Waals surface area (Å²) in [5, 5.41) is 0. The van der Waals surface area contributed by atoms with Gasteiger partial charge in [0.1, 0.15) is 0 Å². The average Bonchev–Trinajstić information content (AvgIpc) is 1.77. The Hall–Kier alpha value is -0.0397. The summed E-state index contributed by atoms with van der Waals surface area (Å²) >= 11 is 2.44. The molecule has 0 unspecified atom stereocenters. The first-order chi connectivity index (χ1) is 3.80. The fourth-order valence-corrected chi connectivity index (χ4v) is 0.874. The Morgan fingerprint density at radius 2 is 1.88 bits per heavy atom. The first-order valence-electron chi connectivity index (χ1n) is 2.33. The minimum atomic E-state index is 1.09. The molecular weight excluding hydrogens is 281 g/mol. The first-order valence-corrected chi connectivity index (χ1v) is 3.41. The average molecular weight is 287 g/mol. The quantitative estimate of drug-likeness (QED) is 0.626.